The molecule has 472 valence electrons. The number of ether oxygens (including phenoxy) is 8. The number of hydrogen-bond donors (Lipinski definition) is 4. The average Bonchev–Trinajstić information content (AvgIpc) is 3.47. The maximum atomic E-state index is 12.3. The van der Waals surface area contributed by atoms with Crippen LogP contribution in [0.1, 0.15) is 73.9 Å². The summed E-state index contributed by atoms with van der Waals surface area (Å²) in [5.74, 6) is 1.34. The molecule has 0 aromatic heterocycles. The number of carbonyl (C=O) groups is 4. The molecule has 6 rings (SSSR count). The first-order valence-electron chi connectivity index (χ1n) is 29.2. The zero-order valence-electron chi connectivity index (χ0n) is 51.2. The Labute approximate surface area is 519 Å². The van der Waals surface area contributed by atoms with Crippen molar-refractivity contribution in [3.8, 4) is 23.0 Å². The van der Waals surface area contributed by atoms with Crippen molar-refractivity contribution in [2.45, 2.75) is 104 Å². The highest BCUT2D eigenvalue weighted by Crippen LogP contribution is 2.23. The third kappa shape index (κ3) is 30.5. The van der Waals surface area contributed by atoms with Crippen LogP contribution in [0.4, 0.5) is 0 Å². The quantitative estimate of drug-likeness (QED) is 0.0167. The number of carbonyl (C=O) groups excluding carboxylic acids is 4. The Balaban J connectivity index is 0.000000308. The molecule has 0 fully saturated rings. The monoisotopic (exact) mass is 1210 g/mol. The van der Waals surface area contributed by atoms with Crippen LogP contribution < -0.4 is 18.9 Å². The van der Waals surface area contributed by atoms with E-state index in [2.05, 4.69) is 26.3 Å². The fourth-order valence-electron chi connectivity index (χ4n) is 7.99. The summed E-state index contributed by atoms with van der Waals surface area (Å²) >= 11 is 0. The topological polar surface area (TPSA) is 223 Å². The number of esters is 4. The molecule has 4 N–H and O–H groups in total. The molecule has 88 heavy (non-hydrogen) atoms. The third-order valence-electron chi connectivity index (χ3n) is 12.2. The Morgan fingerprint density at radius 3 is 0.966 bits per heavy atom. The van der Waals surface area contributed by atoms with Gasteiger partial charge >= 0.3 is 23.9 Å². The van der Waals surface area contributed by atoms with Crippen LogP contribution in [-0.4, -0.2) is 108 Å². The maximum absolute atomic E-state index is 12.3. The molecule has 0 saturated carbocycles. The molecule has 0 aliphatic heterocycles. The third-order valence-corrected chi connectivity index (χ3v) is 12.2. The largest absolute Gasteiger partial charge is 0.479 e. The van der Waals surface area contributed by atoms with Gasteiger partial charge in [-0.2, -0.15) is 0 Å². The second-order valence-electron chi connectivity index (χ2n) is 20.6. The van der Waals surface area contributed by atoms with Crippen LogP contribution in [0.15, 0.2) is 208 Å². The molecular formula is C72H88O16. The summed E-state index contributed by atoms with van der Waals surface area (Å²) in [6.45, 7) is 23.0. The number of aliphatic hydroxyl groups excluding tert-OH is 4. The van der Waals surface area contributed by atoms with Crippen molar-refractivity contribution in [1.82, 2.24) is 0 Å². The Hall–Kier alpha value is -8.80. The van der Waals surface area contributed by atoms with Crippen molar-refractivity contribution >= 4 is 23.9 Å². The summed E-state index contributed by atoms with van der Waals surface area (Å²) in [6, 6.07) is 48.0. The number of benzene rings is 6. The van der Waals surface area contributed by atoms with Crippen molar-refractivity contribution in [2.24, 2.45) is 11.8 Å². The molecule has 0 bridgehead atoms. The lowest BCUT2D eigenvalue weighted by Crippen LogP contribution is -2.31. The number of hydrogen-bond acceptors (Lipinski definition) is 16. The molecule has 0 saturated heterocycles. The predicted octanol–water partition coefficient (Wildman–Crippen LogP) is 11.3. The summed E-state index contributed by atoms with van der Waals surface area (Å²) in [5, 5.41) is 36.1. The van der Waals surface area contributed by atoms with Gasteiger partial charge in [-0.25, -0.2) is 19.2 Å². The van der Waals surface area contributed by atoms with Crippen LogP contribution in [0.5, 0.6) is 23.0 Å². The van der Waals surface area contributed by atoms with Crippen LogP contribution in [0.25, 0.3) is 0 Å². The van der Waals surface area contributed by atoms with Crippen LogP contribution in [0.2, 0.25) is 0 Å². The summed E-state index contributed by atoms with van der Waals surface area (Å²) in [4.78, 5) is 48.4. The van der Waals surface area contributed by atoms with Gasteiger partial charge in [0.25, 0.3) is 0 Å². The number of rotatable bonds is 34. The van der Waals surface area contributed by atoms with E-state index in [-0.39, 0.29) is 64.8 Å². The molecule has 6 aromatic rings. The van der Waals surface area contributed by atoms with Crippen LogP contribution in [0.3, 0.4) is 0 Å². The molecular weight excluding hydrogens is 1120 g/mol. The molecule has 0 heterocycles. The molecule has 6 aromatic carbocycles. The summed E-state index contributed by atoms with van der Waals surface area (Å²) in [5.41, 5.74) is 5.48. The first-order valence-corrected chi connectivity index (χ1v) is 29.2. The van der Waals surface area contributed by atoms with Gasteiger partial charge in [-0.15, -0.1) is 0 Å². The van der Waals surface area contributed by atoms with Gasteiger partial charge in [0, 0.05) is 26.1 Å². The highest BCUT2D eigenvalue weighted by Gasteiger charge is 2.26. The van der Waals surface area contributed by atoms with Crippen molar-refractivity contribution in [3.05, 3.63) is 242 Å². The van der Waals surface area contributed by atoms with E-state index in [1.165, 1.54) is 24.3 Å². The van der Waals surface area contributed by atoms with E-state index in [9.17, 15) is 19.2 Å². The zero-order valence-corrected chi connectivity index (χ0v) is 51.2. The fourth-order valence-corrected chi connectivity index (χ4v) is 7.99. The van der Waals surface area contributed by atoms with E-state index in [0.717, 1.165) is 33.4 Å². The number of aliphatic hydroxyl groups is 4. The van der Waals surface area contributed by atoms with Crippen LogP contribution in [0, 0.1) is 11.8 Å². The molecule has 0 aliphatic carbocycles. The first-order chi connectivity index (χ1) is 42.6. The van der Waals surface area contributed by atoms with E-state index in [0.29, 0.717) is 73.4 Å². The van der Waals surface area contributed by atoms with Crippen LogP contribution >= 0.6 is 0 Å². The average molecular weight is 1210 g/mol. The summed E-state index contributed by atoms with van der Waals surface area (Å²) in [7, 11) is 0. The second-order valence-corrected chi connectivity index (χ2v) is 20.6. The van der Waals surface area contributed by atoms with E-state index in [1.54, 1.807) is 60.7 Å². The minimum Gasteiger partial charge on any atom is -0.479 e. The summed E-state index contributed by atoms with van der Waals surface area (Å²) in [6.07, 6.45) is 6.48. The second kappa shape index (κ2) is 43.8. The van der Waals surface area contributed by atoms with Gasteiger partial charge in [0.15, 0.2) is 24.4 Å². The van der Waals surface area contributed by atoms with Gasteiger partial charge < -0.3 is 58.3 Å². The lowest BCUT2D eigenvalue weighted by Gasteiger charge is -2.19. The minimum absolute atomic E-state index is 0.0168. The van der Waals surface area contributed by atoms with Gasteiger partial charge in [0.1, 0.15) is 49.4 Å². The summed E-state index contributed by atoms with van der Waals surface area (Å²) < 4.78 is 43.5. The fraction of sp³-hybridized carbons (Fsp3) is 0.333. The highest BCUT2D eigenvalue weighted by atomic mass is 16.6. The van der Waals surface area contributed by atoms with E-state index < -0.39 is 36.4 Å². The SMILES string of the molecule is C=CCOC(=O)[C@@H](CC(C)C)Oc1ccc(CO)cc1.C=CCOC(=O)[C@@H](CC(C)C)Oc1cccc(CCO)c1.C=CCOC(=O)[C@@H](Cc1ccccc1)Oc1ccc(CO)cc1.C=CCOC(=O)[C@@H](Cc1ccccc1)Oc1cccc(CCO)c1. The predicted molar refractivity (Wildman–Crippen MR) is 341 cm³/mol. The van der Waals surface area contributed by atoms with Gasteiger partial charge in [-0.05, 0) is 119 Å². The normalized spacial score (nSPS) is 11.8. The maximum Gasteiger partial charge on any atom is 0.347 e. The van der Waals surface area contributed by atoms with E-state index in [1.807, 2.05) is 125 Å². The molecule has 0 aliphatic rings. The molecule has 16 nitrogen and oxygen atoms in total. The standard InChI is InChI=1S/C20H22O4.C19H20O4.C17H24O4.C16H22O4/c1-2-13-23-20(22)19(15-16-7-4-3-5-8-16)24-18-10-6-9-17(14-18)11-12-21;1-2-12-22-19(21)18(13-15-6-4-3-5-7-15)23-17-10-8-16(14-20)9-11-17;1-4-10-20-17(19)16(11-13(2)3)21-15-7-5-6-14(12-15)8-9-18;1-4-9-19-16(18)15(10-12(2)3)20-14-7-5-13(11-17)6-8-14/h2-10,14,19,21H,1,11-13,15H2;2-11,18,20H,1,12-14H2;4-7,12-13,16,18H,1,8-11H2,2-3H3;4-8,12,15,17H,1,9-11H2,2-3H3/t19-;18-;16-;15-/m1111/s1. The molecule has 16 heteroatoms. The Morgan fingerprint density at radius 1 is 0.364 bits per heavy atom. The van der Waals surface area contributed by atoms with E-state index in [4.69, 9.17) is 58.3 Å². The lowest BCUT2D eigenvalue weighted by molar-refractivity contribution is -0.152. The molecule has 0 unspecified atom stereocenters. The molecule has 0 amide bonds. The minimum atomic E-state index is -0.739. The Kier molecular flexibility index (Phi) is 36.5. The molecule has 4 atom stereocenters. The molecule has 0 spiro atoms. The highest BCUT2D eigenvalue weighted by molar-refractivity contribution is 5.77. The van der Waals surface area contributed by atoms with Gasteiger partial charge in [0.05, 0.1) is 13.2 Å². The van der Waals surface area contributed by atoms with Crippen molar-refractivity contribution < 1.29 is 77.5 Å². The van der Waals surface area contributed by atoms with Crippen molar-refractivity contribution in [3.63, 3.8) is 0 Å². The Morgan fingerprint density at radius 2 is 0.659 bits per heavy atom. The van der Waals surface area contributed by atoms with Crippen molar-refractivity contribution in [2.75, 3.05) is 39.6 Å². The Bertz CT molecular complexity index is 2940. The van der Waals surface area contributed by atoms with Gasteiger partial charge in [0.2, 0.25) is 0 Å². The first kappa shape index (κ1) is 73.5. The zero-order chi connectivity index (χ0) is 64.3. The smallest absolute Gasteiger partial charge is 0.347 e. The van der Waals surface area contributed by atoms with Crippen LogP contribution in [-0.2, 0) is 77.0 Å². The van der Waals surface area contributed by atoms with Gasteiger partial charge in [-0.3, -0.25) is 0 Å². The molecule has 0 radical (unpaired) electrons. The van der Waals surface area contributed by atoms with Gasteiger partial charge in [-0.1, -0.05) is 188 Å². The van der Waals surface area contributed by atoms with Crippen molar-refractivity contribution in [1.29, 1.82) is 0 Å². The lowest BCUT2D eigenvalue weighted by atomic mass is 10.1. The van der Waals surface area contributed by atoms with E-state index >= 15 is 0 Å².